The van der Waals surface area contributed by atoms with Crippen LogP contribution in [0.25, 0.3) is 0 Å². The highest BCUT2D eigenvalue weighted by atomic mass is 19.4. The highest BCUT2D eigenvalue weighted by Gasteiger charge is 2.40. The Hall–Kier alpha value is -3.27. The summed E-state index contributed by atoms with van der Waals surface area (Å²) >= 11 is 0. The number of ether oxygens (including phenoxy) is 2. The molecule has 10 heteroatoms. The number of halogens is 3. The number of rotatable bonds is 10. The van der Waals surface area contributed by atoms with Gasteiger partial charge in [0, 0.05) is 20.2 Å². The molecule has 1 aromatic carbocycles. The molecule has 0 aliphatic rings. The van der Waals surface area contributed by atoms with E-state index in [1.807, 2.05) is 18.9 Å². The van der Waals surface area contributed by atoms with E-state index in [1.165, 1.54) is 12.3 Å². The first-order chi connectivity index (χ1) is 14.7. The quantitative estimate of drug-likeness (QED) is 0.336. The second-order valence-electron chi connectivity index (χ2n) is 6.49. The number of amides is 1. The number of pyridine rings is 1. The SMILES string of the molecule is CCOCCN(C)c1ccc(NC(=O)/C(N)=C(/OCc2ccccc2)C(F)(F)F)cn1. The maximum absolute atomic E-state index is 13.4. The van der Waals surface area contributed by atoms with Crippen molar-refractivity contribution in [2.75, 3.05) is 37.0 Å². The average Bonchev–Trinajstić information content (AvgIpc) is 2.74. The monoisotopic (exact) mass is 438 g/mol. The Labute approximate surface area is 178 Å². The molecule has 1 heterocycles. The van der Waals surface area contributed by atoms with Gasteiger partial charge in [0.25, 0.3) is 5.91 Å². The molecule has 0 bridgehead atoms. The van der Waals surface area contributed by atoms with E-state index < -0.39 is 23.5 Å². The predicted molar refractivity (Wildman–Crippen MR) is 111 cm³/mol. The van der Waals surface area contributed by atoms with E-state index >= 15 is 0 Å². The maximum Gasteiger partial charge on any atom is 0.451 e. The predicted octanol–water partition coefficient (Wildman–Crippen LogP) is 3.44. The van der Waals surface area contributed by atoms with Gasteiger partial charge in [-0.1, -0.05) is 30.3 Å². The minimum absolute atomic E-state index is 0.194. The number of anilines is 2. The van der Waals surface area contributed by atoms with Crippen molar-refractivity contribution in [1.82, 2.24) is 4.98 Å². The molecular formula is C21H25F3N4O3. The zero-order valence-electron chi connectivity index (χ0n) is 17.3. The fourth-order valence-corrected chi connectivity index (χ4v) is 2.49. The van der Waals surface area contributed by atoms with Crippen molar-refractivity contribution >= 4 is 17.4 Å². The second-order valence-corrected chi connectivity index (χ2v) is 6.49. The van der Waals surface area contributed by atoms with Crippen molar-refractivity contribution in [2.45, 2.75) is 19.7 Å². The Balaban J connectivity index is 2.07. The van der Waals surface area contributed by atoms with Crippen molar-refractivity contribution in [1.29, 1.82) is 0 Å². The summed E-state index contributed by atoms with van der Waals surface area (Å²) in [6.45, 7) is 3.25. The van der Waals surface area contributed by atoms with Gasteiger partial charge in [-0.15, -0.1) is 0 Å². The van der Waals surface area contributed by atoms with Crippen LogP contribution in [0.2, 0.25) is 0 Å². The van der Waals surface area contributed by atoms with Gasteiger partial charge in [-0.2, -0.15) is 13.2 Å². The van der Waals surface area contributed by atoms with Crippen LogP contribution in [0, 0.1) is 0 Å². The zero-order chi connectivity index (χ0) is 22.9. The topological polar surface area (TPSA) is 89.7 Å². The number of carbonyl (C=O) groups excluding carboxylic acids is 1. The molecule has 0 aliphatic carbocycles. The number of benzene rings is 1. The molecule has 1 aromatic heterocycles. The van der Waals surface area contributed by atoms with E-state index in [-0.39, 0.29) is 12.3 Å². The number of nitrogens with zero attached hydrogens (tertiary/aromatic N) is 2. The van der Waals surface area contributed by atoms with E-state index in [2.05, 4.69) is 10.3 Å². The number of hydrogen-bond donors (Lipinski definition) is 2. The van der Waals surface area contributed by atoms with Crippen LogP contribution in [0.15, 0.2) is 60.1 Å². The number of nitrogens with one attached hydrogen (secondary N) is 1. The summed E-state index contributed by atoms with van der Waals surface area (Å²) in [6, 6.07) is 11.4. The molecule has 1 amide bonds. The highest BCUT2D eigenvalue weighted by molar-refractivity contribution is 6.03. The Morgan fingerprint density at radius 3 is 2.48 bits per heavy atom. The Morgan fingerprint density at radius 2 is 1.90 bits per heavy atom. The van der Waals surface area contributed by atoms with E-state index in [9.17, 15) is 18.0 Å². The normalized spacial score (nSPS) is 12.2. The van der Waals surface area contributed by atoms with Crippen molar-refractivity contribution in [3.8, 4) is 0 Å². The van der Waals surface area contributed by atoms with Gasteiger partial charge in [-0.05, 0) is 24.6 Å². The van der Waals surface area contributed by atoms with Gasteiger partial charge in [0.05, 0.1) is 18.5 Å². The standard InChI is InChI=1S/C21H25F3N4O3/c1-3-30-12-11-28(2)17-10-9-16(13-26-17)27-20(29)18(25)19(21(22,23)24)31-14-15-7-5-4-6-8-15/h4-10,13H,3,11-12,14,25H2,1-2H3,(H,27,29)/b19-18-. The van der Waals surface area contributed by atoms with Crippen LogP contribution in [-0.2, 0) is 20.9 Å². The molecule has 31 heavy (non-hydrogen) atoms. The molecule has 0 aliphatic heterocycles. The van der Waals surface area contributed by atoms with Gasteiger partial charge in [0.2, 0.25) is 5.76 Å². The Bertz CT molecular complexity index is 872. The van der Waals surface area contributed by atoms with Gasteiger partial charge in [0.15, 0.2) is 0 Å². The Morgan fingerprint density at radius 1 is 1.19 bits per heavy atom. The third-order valence-corrected chi connectivity index (χ3v) is 4.14. The van der Waals surface area contributed by atoms with Gasteiger partial charge < -0.3 is 25.4 Å². The molecule has 2 rings (SSSR count). The van der Waals surface area contributed by atoms with Crippen LogP contribution in [0.5, 0.6) is 0 Å². The average molecular weight is 438 g/mol. The van der Waals surface area contributed by atoms with Crippen LogP contribution in [-0.4, -0.2) is 43.9 Å². The van der Waals surface area contributed by atoms with E-state index in [0.29, 0.717) is 31.1 Å². The van der Waals surface area contributed by atoms with Crippen LogP contribution < -0.4 is 16.0 Å². The number of nitrogens with two attached hydrogens (primary N) is 1. The van der Waals surface area contributed by atoms with E-state index in [0.717, 1.165) is 0 Å². The molecule has 0 fully saturated rings. The van der Waals surface area contributed by atoms with Crippen LogP contribution >= 0.6 is 0 Å². The third-order valence-electron chi connectivity index (χ3n) is 4.14. The molecule has 0 radical (unpaired) electrons. The van der Waals surface area contributed by atoms with Crippen molar-refractivity contribution in [3.05, 3.63) is 65.7 Å². The third kappa shape index (κ3) is 7.49. The molecule has 0 spiro atoms. The fourth-order valence-electron chi connectivity index (χ4n) is 2.49. The molecule has 3 N–H and O–H groups in total. The van der Waals surface area contributed by atoms with Gasteiger partial charge >= 0.3 is 6.18 Å². The van der Waals surface area contributed by atoms with Crippen LogP contribution in [0.3, 0.4) is 0 Å². The number of hydrogen-bond acceptors (Lipinski definition) is 6. The first-order valence-electron chi connectivity index (χ1n) is 9.52. The van der Waals surface area contributed by atoms with Crippen LogP contribution in [0.1, 0.15) is 12.5 Å². The summed E-state index contributed by atoms with van der Waals surface area (Å²) in [4.78, 5) is 18.3. The van der Waals surface area contributed by atoms with Gasteiger partial charge in [-0.3, -0.25) is 4.79 Å². The lowest BCUT2D eigenvalue weighted by atomic mass is 10.2. The first kappa shape index (κ1) is 24.0. The van der Waals surface area contributed by atoms with Gasteiger partial charge in [-0.25, -0.2) is 4.98 Å². The number of carbonyl (C=O) groups is 1. The largest absolute Gasteiger partial charge is 0.482 e. The zero-order valence-corrected chi connectivity index (χ0v) is 17.3. The van der Waals surface area contributed by atoms with Gasteiger partial charge in [0.1, 0.15) is 18.1 Å². The maximum atomic E-state index is 13.4. The minimum atomic E-state index is -4.93. The summed E-state index contributed by atoms with van der Waals surface area (Å²) in [7, 11) is 1.82. The summed E-state index contributed by atoms with van der Waals surface area (Å²) in [5.41, 5.74) is 5.12. The number of likely N-dealkylation sites (N-methyl/N-ethyl adjacent to an activating group) is 1. The Kier molecular flexibility index (Phi) is 8.68. The summed E-state index contributed by atoms with van der Waals surface area (Å²) in [5, 5.41) is 2.30. The highest BCUT2D eigenvalue weighted by Crippen LogP contribution is 2.29. The molecule has 0 unspecified atom stereocenters. The van der Waals surface area contributed by atoms with Crippen LogP contribution in [0.4, 0.5) is 24.7 Å². The molecular weight excluding hydrogens is 413 g/mol. The molecule has 0 atom stereocenters. The summed E-state index contributed by atoms with van der Waals surface area (Å²) < 4.78 is 50.2. The lowest BCUT2D eigenvalue weighted by molar-refractivity contribution is -0.137. The van der Waals surface area contributed by atoms with Crippen molar-refractivity contribution < 1.29 is 27.4 Å². The number of allylic oxidation sites excluding steroid dienone is 1. The van der Waals surface area contributed by atoms with Crippen molar-refractivity contribution in [3.63, 3.8) is 0 Å². The fraction of sp³-hybridized carbons (Fsp3) is 0.333. The minimum Gasteiger partial charge on any atom is -0.482 e. The summed E-state index contributed by atoms with van der Waals surface area (Å²) in [6.07, 6.45) is -3.60. The summed E-state index contributed by atoms with van der Waals surface area (Å²) in [5.74, 6) is -2.07. The molecule has 168 valence electrons. The molecule has 7 nitrogen and oxygen atoms in total. The van der Waals surface area contributed by atoms with Crippen molar-refractivity contribution in [2.24, 2.45) is 5.73 Å². The molecule has 0 saturated carbocycles. The second kappa shape index (κ2) is 11.2. The molecule has 2 aromatic rings. The lowest BCUT2D eigenvalue weighted by Gasteiger charge is -2.18. The lowest BCUT2D eigenvalue weighted by Crippen LogP contribution is -2.28. The number of aromatic nitrogens is 1. The number of alkyl halides is 3. The smallest absolute Gasteiger partial charge is 0.451 e. The van der Waals surface area contributed by atoms with E-state index in [4.69, 9.17) is 15.2 Å². The first-order valence-corrected chi connectivity index (χ1v) is 9.52. The van der Waals surface area contributed by atoms with E-state index in [1.54, 1.807) is 36.4 Å². The molecule has 0 saturated heterocycles.